The number of amides is 2. The van der Waals surface area contributed by atoms with E-state index in [1.54, 1.807) is 13.2 Å². The Labute approximate surface area is 124 Å². The smallest absolute Gasteiger partial charge is 0.237 e. The molecular weight excluding hydrogens is 282 g/mol. The van der Waals surface area contributed by atoms with Crippen LogP contribution in [0.5, 0.6) is 5.75 Å². The molecule has 1 rings (SSSR count). The van der Waals surface area contributed by atoms with Crippen molar-refractivity contribution in [3.8, 4) is 5.75 Å². The van der Waals surface area contributed by atoms with Crippen LogP contribution in [0.2, 0.25) is 0 Å². The molecule has 20 heavy (non-hydrogen) atoms. The number of hydrogen-bond donors (Lipinski definition) is 3. The maximum atomic E-state index is 11.8. The first-order chi connectivity index (χ1) is 8.95. The second kappa shape index (κ2) is 8.39. The van der Waals surface area contributed by atoms with Crippen molar-refractivity contribution in [1.29, 1.82) is 0 Å². The molecular formula is C13H20ClN3O3. The van der Waals surface area contributed by atoms with Gasteiger partial charge in [-0.05, 0) is 13.0 Å². The lowest BCUT2D eigenvalue weighted by Crippen LogP contribution is -2.43. The van der Waals surface area contributed by atoms with Crippen LogP contribution in [0.15, 0.2) is 24.3 Å². The topological polar surface area (TPSA) is 107 Å². The maximum absolute atomic E-state index is 11.8. The molecule has 0 aliphatic rings. The molecule has 0 bridgehead atoms. The number of para-hydroxylation sites is 1. The first-order valence-corrected chi connectivity index (χ1v) is 5.93. The van der Waals surface area contributed by atoms with E-state index in [9.17, 15) is 9.59 Å². The van der Waals surface area contributed by atoms with Gasteiger partial charge in [-0.1, -0.05) is 18.2 Å². The maximum Gasteiger partial charge on any atom is 0.237 e. The van der Waals surface area contributed by atoms with Gasteiger partial charge < -0.3 is 21.5 Å². The highest BCUT2D eigenvalue weighted by Gasteiger charge is 2.19. The Kier molecular flexibility index (Phi) is 7.64. The van der Waals surface area contributed by atoms with Gasteiger partial charge in [-0.15, -0.1) is 12.4 Å². The predicted molar refractivity (Wildman–Crippen MR) is 78.6 cm³/mol. The third-order valence-corrected chi connectivity index (χ3v) is 2.72. The molecule has 112 valence electrons. The van der Waals surface area contributed by atoms with Crippen LogP contribution in [0.3, 0.4) is 0 Å². The number of halogens is 1. The van der Waals surface area contributed by atoms with Gasteiger partial charge in [0.2, 0.25) is 11.8 Å². The van der Waals surface area contributed by atoms with E-state index >= 15 is 0 Å². The average molecular weight is 302 g/mol. The zero-order chi connectivity index (χ0) is 14.4. The van der Waals surface area contributed by atoms with Gasteiger partial charge in [-0.25, -0.2) is 0 Å². The SMILES string of the molecule is COc1ccccc1C(C)NC(=O)C(N)CC(N)=O.Cl. The minimum atomic E-state index is -0.936. The Morgan fingerprint density at radius 1 is 1.35 bits per heavy atom. The zero-order valence-electron chi connectivity index (χ0n) is 11.5. The highest BCUT2D eigenvalue weighted by molar-refractivity contribution is 5.87. The largest absolute Gasteiger partial charge is 0.496 e. The average Bonchev–Trinajstić information content (AvgIpc) is 2.37. The van der Waals surface area contributed by atoms with E-state index in [1.165, 1.54) is 0 Å². The summed E-state index contributed by atoms with van der Waals surface area (Å²) in [5, 5.41) is 2.72. The molecule has 0 aromatic heterocycles. The minimum absolute atomic E-state index is 0. The number of benzene rings is 1. The Morgan fingerprint density at radius 2 is 1.95 bits per heavy atom. The third-order valence-electron chi connectivity index (χ3n) is 2.72. The summed E-state index contributed by atoms with van der Waals surface area (Å²) in [5.74, 6) is -0.344. The molecule has 0 saturated heterocycles. The van der Waals surface area contributed by atoms with Crippen molar-refractivity contribution in [1.82, 2.24) is 5.32 Å². The molecule has 0 aliphatic heterocycles. The van der Waals surface area contributed by atoms with Crippen molar-refractivity contribution in [2.45, 2.75) is 25.4 Å². The van der Waals surface area contributed by atoms with Crippen molar-refractivity contribution < 1.29 is 14.3 Å². The summed E-state index contributed by atoms with van der Waals surface area (Å²) < 4.78 is 5.22. The van der Waals surface area contributed by atoms with Gasteiger partial charge in [0, 0.05) is 5.56 Å². The van der Waals surface area contributed by atoms with Crippen LogP contribution in [-0.4, -0.2) is 25.0 Å². The van der Waals surface area contributed by atoms with E-state index in [4.69, 9.17) is 16.2 Å². The number of rotatable bonds is 6. The van der Waals surface area contributed by atoms with E-state index < -0.39 is 17.9 Å². The molecule has 2 unspecified atom stereocenters. The van der Waals surface area contributed by atoms with Gasteiger partial charge in [0.25, 0.3) is 0 Å². The molecule has 0 radical (unpaired) electrons. The molecule has 0 aliphatic carbocycles. The van der Waals surface area contributed by atoms with Crippen LogP contribution in [0.25, 0.3) is 0 Å². The van der Waals surface area contributed by atoms with Gasteiger partial charge in [-0.2, -0.15) is 0 Å². The van der Waals surface area contributed by atoms with Gasteiger partial charge in [0.1, 0.15) is 5.75 Å². The lowest BCUT2D eigenvalue weighted by Gasteiger charge is -2.19. The molecule has 0 fully saturated rings. The molecule has 2 atom stereocenters. The van der Waals surface area contributed by atoms with Crippen molar-refractivity contribution in [2.24, 2.45) is 11.5 Å². The van der Waals surface area contributed by atoms with Gasteiger partial charge >= 0.3 is 0 Å². The number of carbonyl (C=O) groups is 2. The van der Waals surface area contributed by atoms with Crippen molar-refractivity contribution in [2.75, 3.05) is 7.11 Å². The molecule has 1 aromatic carbocycles. The fourth-order valence-corrected chi connectivity index (χ4v) is 1.73. The van der Waals surface area contributed by atoms with Crippen molar-refractivity contribution in [3.05, 3.63) is 29.8 Å². The molecule has 0 saturated carbocycles. The summed E-state index contributed by atoms with van der Waals surface area (Å²) in [5.41, 5.74) is 11.4. The number of nitrogens with two attached hydrogens (primary N) is 2. The Balaban J connectivity index is 0.00000361. The molecule has 6 nitrogen and oxygen atoms in total. The molecule has 1 aromatic rings. The van der Waals surface area contributed by atoms with Crippen LogP contribution < -0.4 is 21.5 Å². The van der Waals surface area contributed by atoms with Crippen LogP contribution >= 0.6 is 12.4 Å². The zero-order valence-corrected chi connectivity index (χ0v) is 12.3. The van der Waals surface area contributed by atoms with E-state index in [2.05, 4.69) is 5.32 Å². The van der Waals surface area contributed by atoms with Crippen LogP contribution in [-0.2, 0) is 9.59 Å². The minimum Gasteiger partial charge on any atom is -0.496 e. The molecule has 0 heterocycles. The van der Waals surface area contributed by atoms with E-state index in [-0.39, 0.29) is 24.9 Å². The Morgan fingerprint density at radius 3 is 2.50 bits per heavy atom. The number of primary amides is 1. The van der Waals surface area contributed by atoms with Crippen LogP contribution in [0.1, 0.15) is 24.9 Å². The first-order valence-electron chi connectivity index (χ1n) is 5.93. The van der Waals surface area contributed by atoms with Crippen LogP contribution in [0.4, 0.5) is 0 Å². The second-order valence-electron chi connectivity index (χ2n) is 4.25. The number of hydrogen-bond acceptors (Lipinski definition) is 4. The van der Waals surface area contributed by atoms with Crippen molar-refractivity contribution in [3.63, 3.8) is 0 Å². The Hall–Kier alpha value is -1.79. The molecule has 2 amide bonds. The predicted octanol–water partition coefficient (Wildman–Crippen LogP) is 0.497. The van der Waals surface area contributed by atoms with Crippen molar-refractivity contribution >= 4 is 24.2 Å². The molecule has 0 spiro atoms. The number of ether oxygens (including phenoxy) is 1. The first kappa shape index (κ1) is 18.2. The van der Waals surface area contributed by atoms with E-state index in [0.717, 1.165) is 5.56 Å². The van der Waals surface area contributed by atoms with E-state index in [0.29, 0.717) is 5.75 Å². The second-order valence-corrected chi connectivity index (χ2v) is 4.25. The standard InChI is InChI=1S/C13H19N3O3.ClH/c1-8(9-5-3-4-6-11(9)19-2)16-13(18)10(14)7-12(15)17;/h3-6,8,10H,7,14H2,1-2H3,(H2,15,17)(H,16,18);1H. The fraction of sp³-hybridized carbons (Fsp3) is 0.385. The van der Waals surface area contributed by atoms with Crippen LogP contribution in [0, 0.1) is 0 Å². The molecule has 5 N–H and O–H groups in total. The highest BCUT2D eigenvalue weighted by Crippen LogP contribution is 2.24. The summed E-state index contributed by atoms with van der Waals surface area (Å²) in [7, 11) is 1.56. The number of carbonyl (C=O) groups excluding carboxylic acids is 2. The van der Waals surface area contributed by atoms with E-state index in [1.807, 2.05) is 25.1 Å². The third kappa shape index (κ3) is 5.07. The van der Waals surface area contributed by atoms with Gasteiger partial charge in [0.15, 0.2) is 0 Å². The Bertz CT molecular complexity index is 468. The quantitative estimate of drug-likeness (QED) is 0.711. The van der Waals surface area contributed by atoms with Gasteiger partial charge in [0.05, 0.1) is 25.6 Å². The summed E-state index contributed by atoms with van der Waals surface area (Å²) >= 11 is 0. The lowest BCUT2D eigenvalue weighted by atomic mass is 10.1. The normalized spacial score (nSPS) is 12.8. The molecule has 7 heteroatoms. The summed E-state index contributed by atoms with van der Waals surface area (Å²) in [4.78, 5) is 22.5. The summed E-state index contributed by atoms with van der Waals surface area (Å²) in [6.07, 6.45) is -0.176. The fourth-order valence-electron chi connectivity index (χ4n) is 1.73. The lowest BCUT2D eigenvalue weighted by molar-refractivity contribution is -0.126. The highest BCUT2D eigenvalue weighted by atomic mass is 35.5. The number of methoxy groups -OCH3 is 1. The summed E-state index contributed by atoms with van der Waals surface area (Å²) in [6.45, 7) is 1.81. The summed E-state index contributed by atoms with van der Waals surface area (Å²) in [6, 6.07) is 6.14. The van der Waals surface area contributed by atoms with Gasteiger partial charge in [-0.3, -0.25) is 9.59 Å². The monoisotopic (exact) mass is 301 g/mol. The number of nitrogens with one attached hydrogen (secondary N) is 1.